The summed E-state index contributed by atoms with van der Waals surface area (Å²) >= 11 is 1.56. The standard InChI is InChI=1S/C15H18N2O2S2/c1-10-5-3-4-6-12(10)9-20-14-7-13(16)8-15(11(14)2)21(17,18)19/h3-8H,9,16H2,1-2H3,(H2,17,18,19). The molecular weight excluding hydrogens is 304 g/mol. The zero-order chi connectivity index (χ0) is 15.6. The van der Waals surface area contributed by atoms with Crippen molar-refractivity contribution in [2.45, 2.75) is 29.4 Å². The van der Waals surface area contributed by atoms with Gasteiger partial charge in [-0.2, -0.15) is 0 Å². The Hall–Kier alpha value is -1.50. The van der Waals surface area contributed by atoms with E-state index < -0.39 is 10.0 Å². The number of rotatable bonds is 4. The molecule has 0 aromatic heterocycles. The van der Waals surface area contributed by atoms with E-state index in [0.29, 0.717) is 11.3 Å². The van der Waals surface area contributed by atoms with Gasteiger partial charge >= 0.3 is 0 Å². The van der Waals surface area contributed by atoms with Gasteiger partial charge in [-0.3, -0.25) is 0 Å². The Kier molecular flexibility index (Phi) is 4.61. The zero-order valence-corrected chi connectivity index (χ0v) is 13.6. The molecule has 0 spiro atoms. The van der Waals surface area contributed by atoms with Gasteiger partial charge in [-0.05, 0) is 42.7 Å². The van der Waals surface area contributed by atoms with E-state index in [1.165, 1.54) is 17.2 Å². The third kappa shape index (κ3) is 3.78. The summed E-state index contributed by atoms with van der Waals surface area (Å²) in [7, 11) is -3.76. The summed E-state index contributed by atoms with van der Waals surface area (Å²) in [6.45, 7) is 3.80. The van der Waals surface area contributed by atoms with E-state index >= 15 is 0 Å². The predicted octanol–water partition coefficient (Wildman–Crippen LogP) is 2.83. The van der Waals surface area contributed by atoms with Crippen molar-refractivity contribution in [3.8, 4) is 0 Å². The van der Waals surface area contributed by atoms with Crippen LogP contribution in [0.5, 0.6) is 0 Å². The van der Waals surface area contributed by atoms with Crippen molar-refractivity contribution in [2.24, 2.45) is 5.14 Å². The Balaban J connectivity index is 2.33. The lowest BCUT2D eigenvalue weighted by molar-refractivity contribution is 0.597. The van der Waals surface area contributed by atoms with Crippen LogP contribution in [0.2, 0.25) is 0 Å². The molecule has 0 aliphatic carbocycles. The molecule has 0 radical (unpaired) electrons. The fourth-order valence-corrected chi connectivity index (χ4v) is 4.14. The highest BCUT2D eigenvalue weighted by Gasteiger charge is 2.16. The van der Waals surface area contributed by atoms with Gasteiger partial charge in [0.1, 0.15) is 0 Å². The highest BCUT2D eigenvalue weighted by atomic mass is 32.2. The monoisotopic (exact) mass is 322 g/mol. The van der Waals surface area contributed by atoms with Crippen molar-refractivity contribution in [1.29, 1.82) is 0 Å². The van der Waals surface area contributed by atoms with Crippen LogP contribution in [0, 0.1) is 13.8 Å². The maximum absolute atomic E-state index is 11.6. The lowest BCUT2D eigenvalue weighted by atomic mass is 10.1. The molecule has 6 heteroatoms. The first kappa shape index (κ1) is 15.9. The molecule has 0 atom stereocenters. The van der Waals surface area contributed by atoms with Crippen LogP contribution in [0.25, 0.3) is 0 Å². The van der Waals surface area contributed by atoms with Gasteiger partial charge in [-0.25, -0.2) is 13.6 Å². The molecule has 2 rings (SSSR count). The topological polar surface area (TPSA) is 86.2 Å². The summed E-state index contributed by atoms with van der Waals surface area (Å²) in [6.07, 6.45) is 0. The van der Waals surface area contributed by atoms with Gasteiger partial charge in [-0.15, -0.1) is 11.8 Å². The minimum absolute atomic E-state index is 0.0924. The molecule has 0 saturated carbocycles. The zero-order valence-electron chi connectivity index (χ0n) is 12.0. The first-order valence-electron chi connectivity index (χ1n) is 6.39. The first-order valence-corrected chi connectivity index (χ1v) is 8.92. The number of hydrogen-bond acceptors (Lipinski definition) is 4. The summed E-state index contributed by atoms with van der Waals surface area (Å²) in [5.41, 5.74) is 9.25. The number of primary sulfonamides is 1. The van der Waals surface area contributed by atoms with Crippen molar-refractivity contribution in [3.05, 3.63) is 53.1 Å². The fraction of sp³-hybridized carbons (Fsp3) is 0.200. The molecule has 0 bridgehead atoms. The number of benzene rings is 2. The molecule has 0 saturated heterocycles. The number of hydrogen-bond donors (Lipinski definition) is 2. The SMILES string of the molecule is Cc1ccccc1CSc1cc(N)cc(S(N)(=O)=O)c1C. The van der Waals surface area contributed by atoms with Crippen molar-refractivity contribution in [3.63, 3.8) is 0 Å². The minimum atomic E-state index is -3.76. The van der Waals surface area contributed by atoms with E-state index in [9.17, 15) is 8.42 Å². The molecule has 0 heterocycles. The molecule has 2 aromatic carbocycles. The minimum Gasteiger partial charge on any atom is -0.399 e. The second-order valence-electron chi connectivity index (χ2n) is 4.90. The van der Waals surface area contributed by atoms with Crippen LogP contribution in [0.1, 0.15) is 16.7 Å². The van der Waals surface area contributed by atoms with Crippen LogP contribution in [0.3, 0.4) is 0 Å². The smallest absolute Gasteiger partial charge is 0.238 e. The second-order valence-corrected chi connectivity index (χ2v) is 7.45. The summed E-state index contributed by atoms with van der Waals surface area (Å²) in [5.74, 6) is 0.751. The molecule has 4 nitrogen and oxygen atoms in total. The van der Waals surface area contributed by atoms with Gasteiger partial charge in [-0.1, -0.05) is 24.3 Å². The lowest BCUT2D eigenvalue weighted by Crippen LogP contribution is -2.14. The van der Waals surface area contributed by atoms with Crippen molar-refractivity contribution in [2.75, 3.05) is 5.73 Å². The number of anilines is 1. The van der Waals surface area contributed by atoms with Crippen LogP contribution in [-0.2, 0) is 15.8 Å². The van der Waals surface area contributed by atoms with E-state index in [4.69, 9.17) is 10.9 Å². The maximum atomic E-state index is 11.6. The summed E-state index contributed by atoms with van der Waals surface area (Å²) in [4.78, 5) is 0.928. The second kappa shape index (κ2) is 6.09. The Bertz CT molecular complexity index is 771. The Morgan fingerprint density at radius 1 is 1.14 bits per heavy atom. The highest BCUT2D eigenvalue weighted by molar-refractivity contribution is 7.98. The maximum Gasteiger partial charge on any atom is 0.238 e. The van der Waals surface area contributed by atoms with E-state index in [1.54, 1.807) is 24.8 Å². The average Bonchev–Trinajstić information content (AvgIpc) is 2.39. The van der Waals surface area contributed by atoms with Crippen molar-refractivity contribution < 1.29 is 8.42 Å². The Labute approximate surface area is 129 Å². The summed E-state index contributed by atoms with van der Waals surface area (Å²) in [5, 5.41) is 5.23. The van der Waals surface area contributed by atoms with Crippen LogP contribution in [0.15, 0.2) is 46.2 Å². The molecule has 4 N–H and O–H groups in total. The summed E-state index contributed by atoms with van der Waals surface area (Å²) < 4.78 is 23.2. The van der Waals surface area contributed by atoms with Crippen molar-refractivity contribution in [1.82, 2.24) is 0 Å². The van der Waals surface area contributed by atoms with Gasteiger partial charge in [0, 0.05) is 16.3 Å². The fourth-order valence-electron chi connectivity index (χ4n) is 2.06. The van der Waals surface area contributed by atoms with Crippen LogP contribution >= 0.6 is 11.8 Å². The summed E-state index contributed by atoms with van der Waals surface area (Å²) in [6, 6.07) is 11.3. The van der Waals surface area contributed by atoms with E-state index in [0.717, 1.165) is 10.6 Å². The molecule has 0 unspecified atom stereocenters. The van der Waals surface area contributed by atoms with E-state index in [-0.39, 0.29) is 4.90 Å². The van der Waals surface area contributed by atoms with E-state index in [2.05, 4.69) is 19.1 Å². The number of aryl methyl sites for hydroxylation is 1. The molecule has 0 fully saturated rings. The third-order valence-corrected chi connectivity index (χ3v) is 5.51. The van der Waals surface area contributed by atoms with Gasteiger partial charge in [0.2, 0.25) is 10.0 Å². The van der Waals surface area contributed by atoms with Crippen LogP contribution in [-0.4, -0.2) is 8.42 Å². The van der Waals surface area contributed by atoms with Gasteiger partial charge in [0.25, 0.3) is 0 Å². The highest BCUT2D eigenvalue weighted by Crippen LogP contribution is 2.32. The predicted molar refractivity (Wildman–Crippen MR) is 87.7 cm³/mol. The first-order chi connectivity index (χ1) is 9.79. The molecule has 112 valence electrons. The number of nitrogen functional groups attached to an aromatic ring is 1. The average molecular weight is 322 g/mol. The third-order valence-electron chi connectivity index (χ3n) is 3.29. The quantitative estimate of drug-likeness (QED) is 0.669. The Morgan fingerprint density at radius 2 is 1.81 bits per heavy atom. The largest absolute Gasteiger partial charge is 0.399 e. The number of thioether (sulfide) groups is 1. The molecule has 21 heavy (non-hydrogen) atoms. The normalized spacial score (nSPS) is 11.6. The lowest BCUT2D eigenvalue weighted by Gasteiger charge is -2.12. The molecular formula is C15H18N2O2S2. The molecule has 0 aliphatic rings. The van der Waals surface area contributed by atoms with Crippen LogP contribution < -0.4 is 10.9 Å². The van der Waals surface area contributed by atoms with Gasteiger partial charge in [0.15, 0.2) is 0 Å². The van der Waals surface area contributed by atoms with Crippen molar-refractivity contribution >= 4 is 27.5 Å². The van der Waals surface area contributed by atoms with Gasteiger partial charge < -0.3 is 5.73 Å². The molecule has 0 amide bonds. The molecule has 2 aromatic rings. The number of sulfonamides is 1. The number of nitrogens with two attached hydrogens (primary N) is 2. The van der Waals surface area contributed by atoms with Gasteiger partial charge in [0.05, 0.1) is 4.90 Å². The molecule has 0 aliphatic heterocycles. The van der Waals surface area contributed by atoms with Crippen LogP contribution in [0.4, 0.5) is 5.69 Å². The van der Waals surface area contributed by atoms with E-state index in [1.807, 2.05) is 12.1 Å². The Morgan fingerprint density at radius 3 is 2.43 bits per heavy atom.